The number of hydrogen-bond acceptors (Lipinski definition) is 2. The van der Waals surface area contributed by atoms with Gasteiger partial charge in [0.25, 0.3) is 0 Å². The maximum Gasteiger partial charge on any atom is 0.309 e. The summed E-state index contributed by atoms with van der Waals surface area (Å²) >= 11 is 0. The van der Waals surface area contributed by atoms with Crippen LogP contribution in [0.1, 0.15) is 22.4 Å². The van der Waals surface area contributed by atoms with E-state index in [4.69, 9.17) is 5.11 Å². The van der Waals surface area contributed by atoms with E-state index >= 15 is 0 Å². The molecule has 0 aliphatic rings. The number of rotatable bonds is 3. The summed E-state index contributed by atoms with van der Waals surface area (Å²) in [6.45, 7) is 6.02. The molecule has 100 valence electrons. The van der Waals surface area contributed by atoms with Gasteiger partial charge in [0.1, 0.15) is 0 Å². The fourth-order valence-corrected chi connectivity index (χ4v) is 2.30. The van der Waals surface area contributed by atoms with E-state index < -0.39 is 5.97 Å². The third kappa shape index (κ3) is 2.52. The largest absolute Gasteiger partial charge is 0.481 e. The molecule has 1 heterocycles. The lowest BCUT2D eigenvalue weighted by atomic mass is 9.99. The minimum atomic E-state index is -0.835. The summed E-state index contributed by atoms with van der Waals surface area (Å²) in [5.41, 5.74) is 5.96. The highest BCUT2D eigenvalue weighted by Gasteiger charge is 2.17. The van der Waals surface area contributed by atoms with Gasteiger partial charge in [-0.25, -0.2) is 0 Å². The first-order chi connectivity index (χ1) is 8.90. The van der Waals surface area contributed by atoms with Crippen molar-refractivity contribution in [3.05, 3.63) is 40.6 Å². The number of carboxylic acids is 1. The second kappa shape index (κ2) is 4.88. The number of nitrogens with zero attached hydrogens (tertiary/aromatic N) is 2. The standard InChI is InChI=1S/C15H18N2O2/c1-9-5-6-10(2)12(7-9)15-11(3)13(8-14(18)19)17(4)16-15/h5-7H,8H2,1-4H3,(H,18,19). The highest BCUT2D eigenvalue weighted by molar-refractivity contribution is 5.73. The highest BCUT2D eigenvalue weighted by Crippen LogP contribution is 2.28. The Morgan fingerprint density at radius 2 is 2.00 bits per heavy atom. The number of aliphatic carboxylic acids is 1. The van der Waals surface area contributed by atoms with Crippen LogP contribution in [0.15, 0.2) is 18.2 Å². The van der Waals surface area contributed by atoms with Crippen molar-refractivity contribution in [1.82, 2.24) is 9.78 Å². The number of carbonyl (C=O) groups is 1. The Morgan fingerprint density at radius 3 is 2.63 bits per heavy atom. The minimum absolute atomic E-state index is 0.000195. The molecular formula is C15H18N2O2. The second-order valence-corrected chi connectivity index (χ2v) is 4.93. The number of aromatic nitrogens is 2. The van der Waals surface area contributed by atoms with Crippen LogP contribution >= 0.6 is 0 Å². The zero-order chi connectivity index (χ0) is 14.2. The van der Waals surface area contributed by atoms with Crippen LogP contribution in [0.2, 0.25) is 0 Å². The third-order valence-corrected chi connectivity index (χ3v) is 3.40. The molecule has 0 amide bonds. The Balaban J connectivity index is 2.57. The van der Waals surface area contributed by atoms with E-state index in [1.54, 1.807) is 11.7 Å². The van der Waals surface area contributed by atoms with Gasteiger partial charge in [0.15, 0.2) is 0 Å². The van der Waals surface area contributed by atoms with Crippen molar-refractivity contribution < 1.29 is 9.90 Å². The van der Waals surface area contributed by atoms with Gasteiger partial charge in [0.05, 0.1) is 17.8 Å². The van der Waals surface area contributed by atoms with Gasteiger partial charge in [-0.3, -0.25) is 9.48 Å². The molecule has 0 fully saturated rings. The van der Waals surface area contributed by atoms with Crippen LogP contribution in [0.25, 0.3) is 11.3 Å². The van der Waals surface area contributed by atoms with Gasteiger partial charge in [0, 0.05) is 12.6 Å². The van der Waals surface area contributed by atoms with E-state index in [0.717, 1.165) is 28.1 Å². The van der Waals surface area contributed by atoms with Gasteiger partial charge >= 0.3 is 5.97 Å². The molecule has 2 aromatic rings. The molecule has 0 saturated heterocycles. The van der Waals surface area contributed by atoms with E-state index in [1.165, 1.54) is 5.56 Å². The van der Waals surface area contributed by atoms with Crippen molar-refractivity contribution in [1.29, 1.82) is 0 Å². The van der Waals surface area contributed by atoms with Gasteiger partial charge in [-0.1, -0.05) is 17.7 Å². The molecule has 0 atom stereocenters. The summed E-state index contributed by atoms with van der Waals surface area (Å²) < 4.78 is 1.67. The Hall–Kier alpha value is -2.10. The van der Waals surface area contributed by atoms with Crippen molar-refractivity contribution in [3.63, 3.8) is 0 Å². The first-order valence-electron chi connectivity index (χ1n) is 6.22. The van der Waals surface area contributed by atoms with Crippen LogP contribution in [0.4, 0.5) is 0 Å². The lowest BCUT2D eigenvalue weighted by Crippen LogP contribution is -2.06. The van der Waals surface area contributed by atoms with Crippen LogP contribution in [0, 0.1) is 20.8 Å². The summed E-state index contributed by atoms with van der Waals surface area (Å²) in [6.07, 6.45) is 0.000195. The lowest BCUT2D eigenvalue weighted by Gasteiger charge is -2.05. The van der Waals surface area contributed by atoms with Gasteiger partial charge in [0.2, 0.25) is 0 Å². The maximum atomic E-state index is 10.9. The molecule has 0 spiro atoms. The van der Waals surface area contributed by atoms with Gasteiger partial charge in [-0.15, -0.1) is 0 Å². The van der Waals surface area contributed by atoms with Crippen molar-refractivity contribution in [2.24, 2.45) is 7.05 Å². The Labute approximate surface area is 112 Å². The number of carboxylic acid groups (broad SMARTS) is 1. The van der Waals surface area contributed by atoms with Crippen LogP contribution in [0.5, 0.6) is 0 Å². The normalized spacial score (nSPS) is 10.7. The summed E-state index contributed by atoms with van der Waals surface area (Å²) in [5, 5.41) is 13.4. The van der Waals surface area contributed by atoms with Gasteiger partial charge in [-0.05, 0) is 38.0 Å². The van der Waals surface area contributed by atoms with Crippen LogP contribution < -0.4 is 0 Å². The number of aryl methyl sites for hydroxylation is 3. The molecule has 1 aromatic heterocycles. The van der Waals surface area contributed by atoms with Crippen molar-refractivity contribution in [2.75, 3.05) is 0 Å². The fourth-order valence-electron chi connectivity index (χ4n) is 2.30. The molecular weight excluding hydrogens is 240 g/mol. The topological polar surface area (TPSA) is 55.1 Å². The van der Waals surface area contributed by atoms with E-state index in [0.29, 0.717) is 0 Å². The molecule has 0 saturated carbocycles. The average molecular weight is 258 g/mol. The first-order valence-corrected chi connectivity index (χ1v) is 6.22. The molecule has 19 heavy (non-hydrogen) atoms. The zero-order valence-corrected chi connectivity index (χ0v) is 11.7. The number of benzene rings is 1. The molecule has 1 aromatic carbocycles. The van der Waals surface area contributed by atoms with Gasteiger partial charge < -0.3 is 5.11 Å². The molecule has 0 aliphatic carbocycles. The molecule has 1 N–H and O–H groups in total. The zero-order valence-electron chi connectivity index (χ0n) is 11.7. The molecule has 0 aliphatic heterocycles. The third-order valence-electron chi connectivity index (χ3n) is 3.40. The smallest absolute Gasteiger partial charge is 0.309 e. The minimum Gasteiger partial charge on any atom is -0.481 e. The van der Waals surface area contributed by atoms with Crippen LogP contribution in [0.3, 0.4) is 0 Å². The van der Waals surface area contributed by atoms with E-state index in [9.17, 15) is 4.79 Å². The van der Waals surface area contributed by atoms with Gasteiger partial charge in [-0.2, -0.15) is 5.10 Å². The summed E-state index contributed by atoms with van der Waals surface area (Å²) in [4.78, 5) is 10.9. The van der Waals surface area contributed by atoms with Crippen LogP contribution in [-0.2, 0) is 18.3 Å². The molecule has 0 radical (unpaired) electrons. The fraction of sp³-hybridized carbons (Fsp3) is 0.333. The lowest BCUT2D eigenvalue weighted by molar-refractivity contribution is -0.136. The first kappa shape index (κ1) is 13.3. The molecule has 0 unspecified atom stereocenters. The average Bonchev–Trinajstić information content (AvgIpc) is 2.60. The van der Waals surface area contributed by atoms with E-state index in [2.05, 4.69) is 23.3 Å². The molecule has 4 nitrogen and oxygen atoms in total. The quantitative estimate of drug-likeness (QED) is 0.920. The highest BCUT2D eigenvalue weighted by atomic mass is 16.4. The Kier molecular flexibility index (Phi) is 3.42. The van der Waals surface area contributed by atoms with E-state index in [-0.39, 0.29) is 6.42 Å². The Morgan fingerprint density at radius 1 is 1.32 bits per heavy atom. The number of hydrogen-bond donors (Lipinski definition) is 1. The predicted octanol–water partition coefficient (Wildman–Crippen LogP) is 2.64. The van der Waals surface area contributed by atoms with Crippen LogP contribution in [-0.4, -0.2) is 20.9 Å². The maximum absolute atomic E-state index is 10.9. The molecule has 2 rings (SSSR count). The van der Waals surface area contributed by atoms with Crippen molar-refractivity contribution in [2.45, 2.75) is 27.2 Å². The molecule has 4 heteroatoms. The van der Waals surface area contributed by atoms with E-state index in [1.807, 2.05) is 20.8 Å². The second-order valence-electron chi connectivity index (χ2n) is 4.93. The van der Waals surface area contributed by atoms with Crippen molar-refractivity contribution in [3.8, 4) is 11.3 Å². The Bertz CT molecular complexity index is 642. The predicted molar refractivity (Wildman–Crippen MR) is 74.2 cm³/mol. The molecule has 0 bridgehead atoms. The SMILES string of the molecule is Cc1ccc(C)c(-c2nn(C)c(CC(=O)O)c2C)c1. The summed E-state index contributed by atoms with van der Waals surface area (Å²) in [5.74, 6) is -0.835. The summed E-state index contributed by atoms with van der Waals surface area (Å²) in [6, 6.07) is 6.22. The monoisotopic (exact) mass is 258 g/mol. The van der Waals surface area contributed by atoms with Crippen molar-refractivity contribution >= 4 is 5.97 Å². The summed E-state index contributed by atoms with van der Waals surface area (Å²) in [7, 11) is 1.79.